The van der Waals surface area contributed by atoms with Crippen LogP contribution in [0.2, 0.25) is 5.02 Å². The number of pyridine rings is 2. The molecule has 0 spiro atoms. The van der Waals surface area contributed by atoms with Crippen LogP contribution in [0.4, 0.5) is 0 Å². The van der Waals surface area contributed by atoms with Crippen molar-refractivity contribution in [2.45, 2.75) is 13.1 Å². The van der Waals surface area contributed by atoms with E-state index in [1.807, 2.05) is 18.3 Å². The lowest BCUT2D eigenvalue weighted by Crippen LogP contribution is -2.17. The first-order valence-corrected chi connectivity index (χ1v) is 7.21. The molecule has 0 fully saturated rings. The normalized spacial score (nSPS) is 11.2. The summed E-state index contributed by atoms with van der Waals surface area (Å²) in [6, 6.07) is 12.4. The molecule has 21 heavy (non-hydrogen) atoms. The van der Waals surface area contributed by atoms with Crippen LogP contribution in [0.1, 0.15) is 11.1 Å². The lowest BCUT2D eigenvalue weighted by Gasteiger charge is -2.17. The van der Waals surface area contributed by atoms with Gasteiger partial charge in [-0.25, -0.2) is 0 Å². The van der Waals surface area contributed by atoms with E-state index in [1.54, 1.807) is 12.4 Å². The Balaban J connectivity index is 1.74. The Hall–Kier alpha value is -1.97. The van der Waals surface area contributed by atoms with E-state index >= 15 is 0 Å². The summed E-state index contributed by atoms with van der Waals surface area (Å²) in [7, 11) is 2.09. The molecule has 2 aromatic heterocycles. The van der Waals surface area contributed by atoms with Gasteiger partial charge in [-0.3, -0.25) is 14.9 Å². The fraction of sp³-hybridized carbons (Fsp3) is 0.176. The highest BCUT2D eigenvalue weighted by Gasteiger charge is 2.06. The van der Waals surface area contributed by atoms with Crippen molar-refractivity contribution in [1.82, 2.24) is 14.9 Å². The molecule has 0 aliphatic rings. The van der Waals surface area contributed by atoms with Crippen molar-refractivity contribution in [3.8, 4) is 0 Å². The molecular weight excluding hydrogens is 282 g/mol. The molecule has 0 saturated carbocycles. The number of halogens is 1. The minimum absolute atomic E-state index is 0.715. The molecule has 106 valence electrons. The van der Waals surface area contributed by atoms with Crippen LogP contribution in [-0.4, -0.2) is 21.9 Å². The first-order chi connectivity index (χ1) is 10.2. The average molecular weight is 298 g/mol. The van der Waals surface area contributed by atoms with Crippen LogP contribution < -0.4 is 0 Å². The molecule has 3 nitrogen and oxygen atoms in total. The van der Waals surface area contributed by atoms with E-state index in [1.165, 1.54) is 10.9 Å². The summed E-state index contributed by atoms with van der Waals surface area (Å²) in [6.07, 6.45) is 5.28. The minimum Gasteiger partial charge on any atom is -0.298 e. The summed E-state index contributed by atoms with van der Waals surface area (Å²) in [6.45, 7) is 1.66. The molecule has 0 unspecified atom stereocenters. The highest BCUT2D eigenvalue weighted by atomic mass is 35.5. The van der Waals surface area contributed by atoms with Crippen molar-refractivity contribution in [2.75, 3.05) is 7.05 Å². The van der Waals surface area contributed by atoms with Crippen LogP contribution in [0.25, 0.3) is 10.9 Å². The number of aromatic nitrogens is 2. The maximum atomic E-state index is 6.15. The molecule has 3 aromatic rings. The second-order valence-electron chi connectivity index (χ2n) is 5.17. The smallest absolute Gasteiger partial charge is 0.0702 e. The van der Waals surface area contributed by atoms with Gasteiger partial charge in [-0.1, -0.05) is 23.7 Å². The summed E-state index contributed by atoms with van der Waals surface area (Å²) in [5.74, 6) is 0. The summed E-state index contributed by atoms with van der Waals surface area (Å²) >= 11 is 6.15. The van der Waals surface area contributed by atoms with Gasteiger partial charge in [0.05, 0.1) is 10.5 Å². The number of hydrogen-bond donors (Lipinski definition) is 0. The maximum absolute atomic E-state index is 6.15. The van der Waals surface area contributed by atoms with Crippen LogP contribution in [0.15, 0.2) is 55.0 Å². The second kappa shape index (κ2) is 6.20. The number of hydrogen-bond acceptors (Lipinski definition) is 3. The molecule has 2 heterocycles. The van der Waals surface area contributed by atoms with E-state index in [0.29, 0.717) is 5.02 Å². The van der Waals surface area contributed by atoms with E-state index in [9.17, 15) is 0 Å². The predicted molar refractivity (Wildman–Crippen MR) is 86.2 cm³/mol. The van der Waals surface area contributed by atoms with Crippen LogP contribution in [-0.2, 0) is 13.1 Å². The standard InChI is InChI=1S/C17H16ClN3/c1-21(12-15-6-8-19-10-16(15)18)11-13-4-5-17-14(9-13)3-2-7-20-17/h2-10H,11-12H2,1H3. The topological polar surface area (TPSA) is 29.0 Å². The Morgan fingerprint density at radius 2 is 2.00 bits per heavy atom. The van der Waals surface area contributed by atoms with Crippen molar-refractivity contribution in [2.24, 2.45) is 0 Å². The summed E-state index contributed by atoms with van der Waals surface area (Å²) in [5.41, 5.74) is 3.39. The molecule has 0 N–H and O–H groups in total. The van der Waals surface area contributed by atoms with Gasteiger partial charge in [-0.05, 0) is 42.4 Å². The molecule has 0 aliphatic carbocycles. The SMILES string of the molecule is CN(Cc1ccc2ncccc2c1)Cc1ccncc1Cl. The molecule has 3 rings (SSSR count). The van der Waals surface area contributed by atoms with Gasteiger partial charge in [0.25, 0.3) is 0 Å². The molecule has 0 aliphatic heterocycles. The van der Waals surface area contributed by atoms with Crippen molar-refractivity contribution >= 4 is 22.5 Å². The quantitative estimate of drug-likeness (QED) is 0.731. The monoisotopic (exact) mass is 297 g/mol. The second-order valence-corrected chi connectivity index (χ2v) is 5.58. The van der Waals surface area contributed by atoms with Gasteiger partial charge in [-0.15, -0.1) is 0 Å². The Morgan fingerprint density at radius 1 is 1.10 bits per heavy atom. The van der Waals surface area contributed by atoms with Crippen LogP contribution in [0.5, 0.6) is 0 Å². The molecule has 0 bridgehead atoms. The lowest BCUT2D eigenvalue weighted by atomic mass is 10.1. The average Bonchev–Trinajstić information content (AvgIpc) is 2.49. The van der Waals surface area contributed by atoms with Crippen molar-refractivity contribution < 1.29 is 0 Å². The van der Waals surface area contributed by atoms with Gasteiger partial charge in [-0.2, -0.15) is 0 Å². The van der Waals surface area contributed by atoms with Gasteiger partial charge in [0, 0.05) is 37.1 Å². The Bertz CT molecular complexity index is 758. The van der Waals surface area contributed by atoms with Crippen molar-refractivity contribution in [3.63, 3.8) is 0 Å². The van der Waals surface area contributed by atoms with Crippen molar-refractivity contribution in [3.05, 3.63) is 71.1 Å². The molecule has 0 radical (unpaired) electrons. The fourth-order valence-corrected chi connectivity index (χ4v) is 2.59. The minimum atomic E-state index is 0.715. The zero-order chi connectivity index (χ0) is 14.7. The van der Waals surface area contributed by atoms with Gasteiger partial charge in [0.2, 0.25) is 0 Å². The third-order valence-electron chi connectivity index (χ3n) is 3.42. The largest absolute Gasteiger partial charge is 0.298 e. The summed E-state index contributed by atoms with van der Waals surface area (Å²) in [5, 5.41) is 1.89. The molecule has 4 heteroatoms. The van der Waals surface area contributed by atoms with E-state index in [4.69, 9.17) is 11.6 Å². The van der Waals surface area contributed by atoms with E-state index in [2.05, 4.69) is 46.2 Å². The first kappa shape index (κ1) is 14.0. The number of fused-ring (bicyclic) bond motifs is 1. The predicted octanol–water partition coefficient (Wildman–Crippen LogP) is 3.92. The molecule has 1 aromatic carbocycles. The van der Waals surface area contributed by atoms with E-state index in [-0.39, 0.29) is 0 Å². The Labute approximate surface area is 129 Å². The Morgan fingerprint density at radius 3 is 2.86 bits per heavy atom. The van der Waals surface area contributed by atoms with Crippen LogP contribution in [0.3, 0.4) is 0 Å². The molecule has 0 amide bonds. The first-order valence-electron chi connectivity index (χ1n) is 6.83. The number of rotatable bonds is 4. The van der Waals surface area contributed by atoms with Gasteiger partial charge >= 0.3 is 0 Å². The van der Waals surface area contributed by atoms with Crippen LogP contribution >= 0.6 is 11.6 Å². The number of benzene rings is 1. The summed E-state index contributed by atoms with van der Waals surface area (Å²) in [4.78, 5) is 10.6. The highest BCUT2D eigenvalue weighted by molar-refractivity contribution is 6.31. The van der Waals surface area contributed by atoms with Gasteiger partial charge < -0.3 is 0 Å². The lowest BCUT2D eigenvalue weighted by molar-refractivity contribution is 0.319. The fourth-order valence-electron chi connectivity index (χ4n) is 2.41. The number of nitrogens with zero attached hydrogens (tertiary/aromatic N) is 3. The zero-order valence-electron chi connectivity index (χ0n) is 11.8. The van der Waals surface area contributed by atoms with Gasteiger partial charge in [0.15, 0.2) is 0 Å². The zero-order valence-corrected chi connectivity index (χ0v) is 12.6. The maximum Gasteiger partial charge on any atom is 0.0702 e. The highest BCUT2D eigenvalue weighted by Crippen LogP contribution is 2.18. The Kier molecular flexibility index (Phi) is 4.13. The van der Waals surface area contributed by atoms with E-state index < -0.39 is 0 Å². The third kappa shape index (κ3) is 3.38. The van der Waals surface area contributed by atoms with E-state index in [0.717, 1.165) is 24.2 Å². The molecular formula is C17H16ClN3. The van der Waals surface area contributed by atoms with Gasteiger partial charge in [0.1, 0.15) is 0 Å². The summed E-state index contributed by atoms with van der Waals surface area (Å²) < 4.78 is 0. The third-order valence-corrected chi connectivity index (χ3v) is 3.76. The molecule has 0 saturated heterocycles. The van der Waals surface area contributed by atoms with Crippen molar-refractivity contribution in [1.29, 1.82) is 0 Å². The molecule has 0 atom stereocenters. The van der Waals surface area contributed by atoms with Crippen LogP contribution in [0, 0.1) is 0 Å².